The summed E-state index contributed by atoms with van der Waals surface area (Å²) in [5, 5.41) is 0. The zero-order valence-corrected chi connectivity index (χ0v) is 4.83. The number of hydrogen-bond acceptors (Lipinski definition) is 2. The van der Waals surface area contributed by atoms with E-state index in [2.05, 4.69) is 22.2 Å². The molecule has 0 saturated heterocycles. The van der Waals surface area contributed by atoms with Gasteiger partial charge in [0.15, 0.2) is 6.33 Å². The third-order valence-electron chi connectivity index (χ3n) is 0.876. The van der Waals surface area contributed by atoms with Gasteiger partial charge in [-0.25, -0.2) is 9.97 Å². The van der Waals surface area contributed by atoms with Crippen molar-refractivity contribution >= 4 is 0 Å². The number of hydrogen-bond donors (Lipinski definition) is 0. The second-order valence-corrected chi connectivity index (χ2v) is 1.53. The van der Waals surface area contributed by atoms with Crippen LogP contribution in [-0.4, -0.2) is 9.97 Å². The van der Waals surface area contributed by atoms with Crippen molar-refractivity contribution in [2.45, 2.75) is 6.42 Å². The Bertz CT molecular complexity index is 210. The summed E-state index contributed by atoms with van der Waals surface area (Å²) in [5.74, 6) is 2.47. The van der Waals surface area contributed by atoms with Gasteiger partial charge in [-0.2, -0.15) is 0 Å². The first-order chi connectivity index (χ1) is 4.43. The Morgan fingerprint density at radius 3 is 3.22 bits per heavy atom. The predicted octanol–water partition coefficient (Wildman–Crippen LogP) is 0.452. The summed E-state index contributed by atoms with van der Waals surface area (Å²) < 4.78 is 0. The molecule has 0 unspecified atom stereocenters. The zero-order chi connectivity index (χ0) is 6.53. The lowest BCUT2D eigenvalue weighted by Crippen LogP contribution is -1.86. The summed E-state index contributed by atoms with van der Waals surface area (Å²) in [4.78, 5) is 7.41. The maximum atomic E-state index is 5.04. The van der Waals surface area contributed by atoms with Crippen LogP contribution in [0.5, 0.6) is 0 Å². The van der Waals surface area contributed by atoms with Crippen molar-refractivity contribution in [3.05, 3.63) is 24.3 Å². The van der Waals surface area contributed by atoms with E-state index in [-0.39, 0.29) is 0 Å². The molecule has 43 valence electrons. The van der Waals surface area contributed by atoms with Crippen molar-refractivity contribution in [3.8, 4) is 12.3 Å². The van der Waals surface area contributed by atoms with Gasteiger partial charge in [0.1, 0.15) is 0 Å². The molecule has 1 rings (SSSR count). The second-order valence-electron chi connectivity index (χ2n) is 1.53. The fourth-order valence-corrected chi connectivity index (χ4v) is 0.490. The fourth-order valence-electron chi connectivity index (χ4n) is 0.490. The van der Waals surface area contributed by atoms with Gasteiger partial charge in [-0.15, -0.1) is 12.3 Å². The molecule has 2 nitrogen and oxygen atoms in total. The summed E-state index contributed by atoms with van der Waals surface area (Å²) >= 11 is 0. The van der Waals surface area contributed by atoms with Crippen molar-refractivity contribution < 1.29 is 0 Å². The Kier molecular flexibility index (Phi) is 1.81. The first kappa shape index (κ1) is 5.77. The predicted molar refractivity (Wildman–Crippen MR) is 33.4 cm³/mol. The Hall–Kier alpha value is -1.36. The molecule has 0 aliphatic rings. The fraction of sp³-hybridized carbons (Fsp3) is 0.143. The van der Waals surface area contributed by atoms with E-state index >= 15 is 0 Å². The molecule has 0 atom stereocenters. The van der Waals surface area contributed by atoms with Crippen LogP contribution < -0.4 is 0 Å². The molecule has 0 bridgehead atoms. The maximum absolute atomic E-state index is 5.04. The van der Waals surface area contributed by atoms with Gasteiger partial charge in [-0.05, 0) is 6.07 Å². The smallest absolute Gasteiger partial charge is 0.197 e. The molecule has 0 N–H and O–H groups in total. The molecule has 0 fully saturated rings. The Morgan fingerprint density at radius 2 is 2.67 bits per heavy atom. The monoisotopic (exact) mass is 117 g/mol. The summed E-state index contributed by atoms with van der Waals surface area (Å²) in [7, 11) is 0. The lowest BCUT2D eigenvalue weighted by Gasteiger charge is -1.87. The number of nitrogens with zero attached hydrogens (tertiary/aromatic N) is 2. The highest BCUT2D eigenvalue weighted by molar-refractivity contribution is 5.06. The van der Waals surface area contributed by atoms with Crippen LogP contribution >= 0.6 is 0 Å². The number of terminal acetylenes is 1. The highest BCUT2D eigenvalue weighted by Gasteiger charge is 1.85. The normalized spacial score (nSPS) is 8.33. The van der Waals surface area contributed by atoms with Gasteiger partial charge in [0.05, 0.1) is 12.1 Å². The quantitative estimate of drug-likeness (QED) is 0.499. The van der Waals surface area contributed by atoms with Crippen LogP contribution in [0.4, 0.5) is 0 Å². The number of aromatic nitrogens is 2. The van der Waals surface area contributed by atoms with Gasteiger partial charge in [0.25, 0.3) is 0 Å². The van der Waals surface area contributed by atoms with Crippen LogP contribution in [0.25, 0.3) is 0 Å². The van der Waals surface area contributed by atoms with E-state index in [0.717, 1.165) is 5.69 Å². The summed E-state index contributed by atoms with van der Waals surface area (Å²) in [6, 6.07) is 1.77. The average molecular weight is 117 g/mol. The molecule has 1 radical (unpaired) electrons. The van der Waals surface area contributed by atoms with Gasteiger partial charge in [0.2, 0.25) is 0 Å². The lowest BCUT2D eigenvalue weighted by atomic mass is 10.3. The SMILES string of the molecule is C#CCc1ccn[c]n1. The topological polar surface area (TPSA) is 25.8 Å². The van der Waals surface area contributed by atoms with Crippen LogP contribution in [0, 0.1) is 18.7 Å². The third-order valence-corrected chi connectivity index (χ3v) is 0.876. The minimum Gasteiger partial charge on any atom is -0.234 e. The van der Waals surface area contributed by atoms with Gasteiger partial charge in [-0.1, -0.05) is 0 Å². The van der Waals surface area contributed by atoms with Crippen LogP contribution in [0.2, 0.25) is 0 Å². The molecule has 0 aliphatic heterocycles. The van der Waals surface area contributed by atoms with E-state index in [1.807, 2.05) is 0 Å². The zero-order valence-electron chi connectivity index (χ0n) is 4.83. The molecule has 0 spiro atoms. The average Bonchev–Trinajstić information content (AvgIpc) is 1.91. The van der Waals surface area contributed by atoms with E-state index in [1.165, 1.54) is 0 Å². The van der Waals surface area contributed by atoms with E-state index in [4.69, 9.17) is 6.42 Å². The van der Waals surface area contributed by atoms with Crippen LogP contribution in [0.15, 0.2) is 12.3 Å². The van der Waals surface area contributed by atoms with Crippen molar-refractivity contribution in [2.24, 2.45) is 0 Å². The number of rotatable bonds is 1. The molecule has 2 heteroatoms. The Balaban J connectivity index is 2.76. The van der Waals surface area contributed by atoms with Crippen molar-refractivity contribution in [1.82, 2.24) is 9.97 Å². The van der Waals surface area contributed by atoms with E-state index in [9.17, 15) is 0 Å². The molecule has 1 aromatic rings. The van der Waals surface area contributed by atoms with Crippen LogP contribution in [0.1, 0.15) is 5.69 Å². The van der Waals surface area contributed by atoms with Gasteiger partial charge < -0.3 is 0 Å². The first-order valence-corrected chi connectivity index (χ1v) is 2.55. The lowest BCUT2D eigenvalue weighted by molar-refractivity contribution is 1.05. The van der Waals surface area contributed by atoms with Crippen molar-refractivity contribution in [1.29, 1.82) is 0 Å². The van der Waals surface area contributed by atoms with Gasteiger partial charge in [0, 0.05) is 6.20 Å². The molecule has 0 saturated carbocycles. The van der Waals surface area contributed by atoms with E-state index in [0.29, 0.717) is 6.42 Å². The van der Waals surface area contributed by atoms with E-state index in [1.54, 1.807) is 12.3 Å². The van der Waals surface area contributed by atoms with Crippen molar-refractivity contribution in [3.63, 3.8) is 0 Å². The van der Waals surface area contributed by atoms with Crippen molar-refractivity contribution in [2.75, 3.05) is 0 Å². The summed E-state index contributed by atoms with van der Waals surface area (Å²) in [6.07, 6.45) is 9.67. The third kappa shape index (κ3) is 1.54. The molecule has 0 amide bonds. The molecule has 0 aliphatic carbocycles. The largest absolute Gasteiger partial charge is 0.234 e. The molecule has 1 aromatic heterocycles. The highest BCUT2D eigenvalue weighted by Crippen LogP contribution is 1.88. The maximum Gasteiger partial charge on any atom is 0.197 e. The minimum absolute atomic E-state index is 0.555. The molecule has 0 aromatic carbocycles. The van der Waals surface area contributed by atoms with Gasteiger partial charge in [-0.3, -0.25) is 0 Å². The first-order valence-electron chi connectivity index (χ1n) is 2.55. The highest BCUT2D eigenvalue weighted by atomic mass is 14.8. The molecular weight excluding hydrogens is 112 g/mol. The second kappa shape index (κ2) is 2.83. The Labute approximate surface area is 54.0 Å². The van der Waals surface area contributed by atoms with Crippen LogP contribution in [-0.2, 0) is 6.42 Å². The summed E-state index contributed by atoms with van der Waals surface area (Å²) in [6.45, 7) is 0. The Morgan fingerprint density at radius 1 is 1.78 bits per heavy atom. The molecular formula is C7H5N2. The molecule has 9 heavy (non-hydrogen) atoms. The summed E-state index contributed by atoms with van der Waals surface area (Å²) in [5.41, 5.74) is 0.840. The van der Waals surface area contributed by atoms with E-state index < -0.39 is 0 Å². The van der Waals surface area contributed by atoms with Gasteiger partial charge >= 0.3 is 0 Å². The minimum atomic E-state index is 0.555. The van der Waals surface area contributed by atoms with Crippen LogP contribution in [0.3, 0.4) is 0 Å². The standard InChI is InChI=1S/C7H5N2/c1-2-3-7-4-5-8-6-9-7/h1,4-5H,3H2. The molecule has 1 heterocycles.